The molecule has 0 fully saturated rings. The van der Waals surface area contributed by atoms with Crippen LogP contribution in [0, 0.1) is 11.2 Å². The van der Waals surface area contributed by atoms with Crippen LogP contribution < -0.4 is 10.6 Å². The quantitative estimate of drug-likeness (QED) is 0.144. The summed E-state index contributed by atoms with van der Waals surface area (Å²) < 4.78 is 14.7. The number of hydrogen-bond acceptors (Lipinski definition) is 7. The molecule has 1 aromatic carbocycles. The SMILES string of the molecule is CN(C)CCNc1cc(F)cc(-c2nccc3[nH]c(-c4n[nH]c5cnc(-c6cncc(NC(=O)CC(C)(C)C)c6)cc45)cc23)c1. The molecule has 1 amide bonds. The van der Waals surface area contributed by atoms with Gasteiger partial charge >= 0.3 is 0 Å². The standard InChI is InChI=1S/C34H36FN9O/c1-34(2,3)16-31(45)40-24-12-21(17-36-18-24)28-14-26-30(19-39-28)42-43-33(26)29-15-25-27(41-29)6-7-38-32(25)20-10-22(35)13-23(11-20)37-8-9-44(4)5/h6-7,10-15,17-19,37,41H,8-9,16H2,1-5H3,(H,40,45)(H,42,43). The summed E-state index contributed by atoms with van der Waals surface area (Å²) in [5.41, 5.74) is 7.12. The van der Waals surface area contributed by atoms with E-state index in [9.17, 15) is 9.18 Å². The van der Waals surface area contributed by atoms with E-state index in [4.69, 9.17) is 0 Å². The first-order chi connectivity index (χ1) is 21.5. The highest BCUT2D eigenvalue weighted by molar-refractivity contribution is 6.00. The third-order valence-corrected chi connectivity index (χ3v) is 7.32. The second kappa shape index (κ2) is 12.1. The lowest BCUT2D eigenvalue weighted by Gasteiger charge is -2.17. The number of pyridine rings is 3. The molecular weight excluding hydrogens is 569 g/mol. The Hall–Kier alpha value is -5.16. The van der Waals surface area contributed by atoms with Gasteiger partial charge in [-0.1, -0.05) is 20.8 Å². The predicted octanol–water partition coefficient (Wildman–Crippen LogP) is 6.72. The van der Waals surface area contributed by atoms with Gasteiger partial charge in [0.1, 0.15) is 11.5 Å². The highest BCUT2D eigenvalue weighted by atomic mass is 19.1. The zero-order valence-corrected chi connectivity index (χ0v) is 26.0. The van der Waals surface area contributed by atoms with Crippen LogP contribution in [0.1, 0.15) is 27.2 Å². The molecule has 0 bridgehead atoms. The minimum atomic E-state index is -0.333. The zero-order valence-electron chi connectivity index (χ0n) is 26.0. The molecule has 0 saturated heterocycles. The Labute approximate surface area is 260 Å². The van der Waals surface area contributed by atoms with Gasteiger partial charge in [0.15, 0.2) is 0 Å². The maximum atomic E-state index is 14.7. The molecule has 11 heteroatoms. The Kier molecular flexibility index (Phi) is 8.03. The number of benzene rings is 1. The largest absolute Gasteiger partial charge is 0.384 e. The van der Waals surface area contributed by atoms with Crippen molar-refractivity contribution < 1.29 is 9.18 Å². The van der Waals surface area contributed by atoms with Crippen LogP contribution in [0.2, 0.25) is 0 Å². The van der Waals surface area contributed by atoms with E-state index < -0.39 is 0 Å². The molecule has 4 N–H and O–H groups in total. The zero-order chi connectivity index (χ0) is 31.7. The maximum absolute atomic E-state index is 14.7. The summed E-state index contributed by atoms with van der Waals surface area (Å²) in [5.74, 6) is -0.398. The van der Waals surface area contributed by atoms with Crippen LogP contribution in [-0.2, 0) is 4.79 Å². The normalized spacial score (nSPS) is 11.9. The fourth-order valence-corrected chi connectivity index (χ4v) is 5.28. The smallest absolute Gasteiger partial charge is 0.224 e. The third kappa shape index (κ3) is 6.83. The van der Waals surface area contributed by atoms with Gasteiger partial charge in [0, 0.05) is 65.0 Å². The van der Waals surface area contributed by atoms with Crippen LogP contribution in [0.4, 0.5) is 15.8 Å². The van der Waals surface area contributed by atoms with Crippen molar-refractivity contribution in [3.8, 4) is 33.9 Å². The van der Waals surface area contributed by atoms with Gasteiger partial charge in [-0.3, -0.25) is 24.8 Å². The van der Waals surface area contributed by atoms with Crippen LogP contribution in [0.15, 0.2) is 67.3 Å². The molecule has 0 unspecified atom stereocenters. The molecule has 0 atom stereocenters. The van der Waals surface area contributed by atoms with Crippen molar-refractivity contribution in [1.82, 2.24) is 35.0 Å². The Balaban J connectivity index is 1.33. The minimum absolute atomic E-state index is 0.0651. The molecule has 0 aliphatic heterocycles. The molecule has 0 radical (unpaired) electrons. The molecule has 0 aliphatic carbocycles. The summed E-state index contributed by atoms with van der Waals surface area (Å²) in [6.07, 6.45) is 7.20. The lowest BCUT2D eigenvalue weighted by atomic mass is 9.92. The van der Waals surface area contributed by atoms with E-state index in [1.165, 1.54) is 12.1 Å². The number of carbonyl (C=O) groups is 1. The second-order valence-electron chi connectivity index (χ2n) is 12.7. The van der Waals surface area contributed by atoms with Gasteiger partial charge in [-0.2, -0.15) is 5.10 Å². The molecule has 5 heterocycles. The van der Waals surface area contributed by atoms with Crippen molar-refractivity contribution in [1.29, 1.82) is 0 Å². The molecular formula is C34H36FN9O. The first kappa shape index (κ1) is 29.9. The highest BCUT2D eigenvalue weighted by Crippen LogP contribution is 2.35. The number of likely N-dealkylation sites (N-methyl/N-ethyl adjacent to an activating group) is 1. The predicted molar refractivity (Wildman–Crippen MR) is 177 cm³/mol. The number of anilines is 2. The molecule has 6 rings (SSSR count). The van der Waals surface area contributed by atoms with Gasteiger partial charge in [0.2, 0.25) is 5.91 Å². The van der Waals surface area contributed by atoms with Crippen molar-refractivity contribution in [2.75, 3.05) is 37.8 Å². The highest BCUT2D eigenvalue weighted by Gasteiger charge is 2.18. The van der Waals surface area contributed by atoms with Gasteiger partial charge in [0.25, 0.3) is 0 Å². The minimum Gasteiger partial charge on any atom is -0.384 e. The number of aromatic nitrogens is 6. The topological polar surface area (TPSA) is 128 Å². The fourth-order valence-electron chi connectivity index (χ4n) is 5.28. The van der Waals surface area contributed by atoms with E-state index in [-0.39, 0.29) is 17.1 Å². The average Bonchev–Trinajstić information content (AvgIpc) is 3.59. The van der Waals surface area contributed by atoms with Gasteiger partial charge in [-0.15, -0.1) is 0 Å². The van der Waals surface area contributed by atoms with E-state index in [2.05, 4.69) is 45.7 Å². The number of halogens is 1. The maximum Gasteiger partial charge on any atom is 0.224 e. The Morgan fingerprint density at radius 2 is 1.71 bits per heavy atom. The summed E-state index contributed by atoms with van der Waals surface area (Å²) in [6.45, 7) is 7.59. The number of carbonyl (C=O) groups excluding carboxylic acids is 1. The number of hydrogen-bond donors (Lipinski definition) is 4. The Morgan fingerprint density at radius 1 is 0.911 bits per heavy atom. The first-order valence-electron chi connectivity index (χ1n) is 14.8. The van der Waals surface area contributed by atoms with Crippen LogP contribution in [0.5, 0.6) is 0 Å². The fraction of sp³-hybridized carbons (Fsp3) is 0.265. The van der Waals surface area contributed by atoms with Crippen LogP contribution >= 0.6 is 0 Å². The van der Waals surface area contributed by atoms with E-state index >= 15 is 0 Å². The molecule has 0 aliphatic rings. The number of fused-ring (bicyclic) bond motifs is 2. The summed E-state index contributed by atoms with van der Waals surface area (Å²) in [4.78, 5) is 31.6. The molecule has 0 spiro atoms. The van der Waals surface area contributed by atoms with E-state index in [0.29, 0.717) is 47.0 Å². The Morgan fingerprint density at radius 3 is 2.51 bits per heavy atom. The number of rotatable bonds is 9. The first-order valence-corrected chi connectivity index (χ1v) is 14.8. The van der Waals surface area contributed by atoms with E-state index in [1.54, 1.807) is 24.8 Å². The van der Waals surface area contributed by atoms with Crippen LogP contribution in [0.25, 0.3) is 55.7 Å². The lowest BCUT2D eigenvalue weighted by Crippen LogP contribution is -2.20. The number of aromatic amines is 2. The summed E-state index contributed by atoms with van der Waals surface area (Å²) in [7, 11) is 4.00. The second-order valence-corrected chi connectivity index (χ2v) is 12.7. The van der Waals surface area contributed by atoms with Gasteiger partial charge in [-0.25, -0.2) is 4.39 Å². The number of amides is 1. The molecule has 10 nitrogen and oxygen atoms in total. The monoisotopic (exact) mass is 605 g/mol. The lowest BCUT2D eigenvalue weighted by molar-refractivity contribution is -0.117. The van der Waals surface area contributed by atoms with Crippen molar-refractivity contribution in [3.05, 3.63) is 73.1 Å². The molecule has 5 aromatic heterocycles. The number of nitrogens with zero attached hydrogens (tertiary/aromatic N) is 5. The molecule has 6 aromatic rings. The summed E-state index contributed by atoms with van der Waals surface area (Å²) in [6, 6.07) is 12.6. The van der Waals surface area contributed by atoms with Crippen molar-refractivity contribution in [2.24, 2.45) is 5.41 Å². The van der Waals surface area contributed by atoms with Crippen molar-refractivity contribution in [3.63, 3.8) is 0 Å². The average molecular weight is 606 g/mol. The van der Waals surface area contributed by atoms with Gasteiger partial charge < -0.3 is 20.5 Å². The molecule has 230 valence electrons. The van der Waals surface area contributed by atoms with Gasteiger partial charge in [0.05, 0.1) is 40.7 Å². The van der Waals surface area contributed by atoms with E-state index in [1.807, 2.05) is 65.2 Å². The van der Waals surface area contributed by atoms with Crippen molar-refractivity contribution in [2.45, 2.75) is 27.2 Å². The third-order valence-electron chi connectivity index (χ3n) is 7.32. The van der Waals surface area contributed by atoms with Crippen LogP contribution in [0.3, 0.4) is 0 Å². The molecule has 45 heavy (non-hydrogen) atoms. The number of H-pyrrole nitrogens is 2. The summed E-state index contributed by atoms with van der Waals surface area (Å²) >= 11 is 0. The van der Waals surface area contributed by atoms with E-state index in [0.717, 1.165) is 39.6 Å². The Bertz CT molecular complexity index is 2000. The summed E-state index contributed by atoms with van der Waals surface area (Å²) in [5, 5.41) is 15.6. The molecule has 0 saturated carbocycles. The van der Waals surface area contributed by atoms with Crippen molar-refractivity contribution >= 4 is 39.1 Å². The van der Waals surface area contributed by atoms with Crippen LogP contribution in [-0.4, -0.2) is 68.1 Å². The van der Waals surface area contributed by atoms with Gasteiger partial charge in [-0.05, 0) is 62.0 Å². The number of nitrogens with one attached hydrogen (secondary N) is 4.